The Bertz CT molecular complexity index is 417. The first kappa shape index (κ1) is 16.7. The third-order valence-corrected chi connectivity index (χ3v) is 4.11. The van der Waals surface area contributed by atoms with Crippen LogP contribution in [0.15, 0.2) is 11.6 Å². The molecule has 0 aromatic heterocycles. The number of carboxylic acids is 1. The lowest BCUT2D eigenvalue weighted by molar-refractivity contribution is -0.152. The van der Waals surface area contributed by atoms with Gasteiger partial charge in [0, 0.05) is 6.08 Å². The van der Waals surface area contributed by atoms with E-state index in [1.54, 1.807) is 0 Å². The summed E-state index contributed by atoms with van der Waals surface area (Å²) in [4.78, 5) is 23.5. The van der Waals surface area contributed by atoms with Crippen LogP contribution in [-0.4, -0.2) is 22.6 Å². The molecule has 1 N–H and O–H groups in total. The molecule has 1 aliphatic rings. The van der Waals surface area contributed by atoms with Gasteiger partial charge in [0.05, 0.1) is 5.41 Å². The van der Waals surface area contributed by atoms with Crippen molar-refractivity contribution in [3.63, 3.8) is 0 Å². The van der Waals surface area contributed by atoms with Gasteiger partial charge in [0.1, 0.15) is 5.60 Å². The van der Waals surface area contributed by atoms with E-state index in [-0.39, 0.29) is 11.9 Å². The molecule has 0 amide bonds. The van der Waals surface area contributed by atoms with Gasteiger partial charge in [-0.3, -0.25) is 4.79 Å². The van der Waals surface area contributed by atoms with E-state index in [1.807, 2.05) is 34.6 Å². The quantitative estimate of drug-likeness (QED) is 0.632. The second-order valence-electron chi connectivity index (χ2n) is 6.64. The summed E-state index contributed by atoms with van der Waals surface area (Å²) in [6.07, 6.45) is 4.03. The lowest BCUT2D eigenvalue weighted by atomic mass is 9.74. The fraction of sp³-hybridized carbons (Fsp3) is 0.750. The third kappa shape index (κ3) is 3.62. The van der Waals surface area contributed by atoms with E-state index in [1.165, 1.54) is 6.08 Å². The summed E-state index contributed by atoms with van der Waals surface area (Å²) >= 11 is 0. The zero-order chi connectivity index (χ0) is 15.6. The Hall–Kier alpha value is -1.32. The Morgan fingerprint density at radius 1 is 1.40 bits per heavy atom. The SMILES string of the molecule is CCC1CC(=CC(=O)OC(C)(C)C)CC1(CC)C(=O)O. The van der Waals surface area contributed by atoms with E-state index in [0.29, 0.717) is 19.3 Å². The molecule has 0 bridgehead atoms. The van der Waals surface area contributed by atoms with Crippen molar-refractivity contribution in [2.75, 3.05) is 0 Å². The van der Waals surface area contributed by atoms with Crippen molar-refractivity contribution in [2.45, 2.75) is 65.9 Å². The number of carbonyl (C=O) groups excluding carboxylic acids is 1. The summed E-state index contributed by atoms with van der Waals surface area (Å²) in [5.74, 6) is -1.03. The third-order valence-electron chi connectivity index (χ3n) is 4.11. The van der Waals surface area contributed by atoms with Gasteiger partial charge in [-0.15, -0.1) is 0 Å². The van der Waals surface area contributed by atoms with Gasteiger partial charge >= 0.3 is 11.9 Å². The predicted octanol–water partition coefficient (Wildman–Crippen LogP) is 3.56. The second kappa shape index (κ2) is 5.98. The minimum Gasteiger partial charge on any atom is -0.481 e. The van der Waals surface area contributed by atoms with Gasteiger partial charge in [0.2, 0.25) is 0 Å². The summed E-state index contributed by atoms with van der Waals surface area (Å²) < 4.78 is 5.27. The van der Waals surface area contributed by atoms with Gasteiger partial charge in [-0.1, -0.05) is 25.8 Å². The molecule has 2 atom stereocenters. The minimum absolute atomic E-state index is 0.0960. The van der Waals surface area contributed by atoms with E-state index in [0.717, 1.165) is 12.0 Å². The molecule has 4 heteroatoms. The van der Waals surface area contributed by atoms with Gasteiger partial charge in [-0.2, -0.15) is 0 Å². The van der Waals surface area contributed by atoms with E-state index in [2.05, 4.69) is 0 Å². The van der Waals surface area contributed by atoms with Crippen LogP contribution in [0.3, 0.4) is 0 Å². The molecule has 0 spiro atoms. The first-order valence-electron chi connectivity index (χ1n) is 7.30. The number of carboxylic acid groups (broad SMARTS) is 1. The number of hydrogen-bond acceptors (Lipinski definition) is 3. The maximum atomic E-state index is 11.8. The van der Waals surface area contributed by atoms with E-state index >= 15 is 0 Å². The molecule has 0 aliphatic heterocycles. The largest absolute Gasteiger partial charge is 0.481 e. The van der Waals surface area contributed by atoms with Crippen LogP contribution in [0.5, 0.6) is 0 Å². The van der Waals surface area contributed by atoms with Crippen LogP contribution in [0, 0.1) is 11.3 Å². The van der Waals surface area contributed by atoms with Crippen LogP contribution in [0.25, 0.3) is 0 Å². The summed E-state index contributed by atoms with van der Waals surface area (Å²) in [7, 11) is 0. The minimum atomic E-state index is -0.751. The summed E-state index contributed by atoms with van der Waals surface area (Å²) in [6, 6.07) is 0. The fourth-order valence-electron chi connectivity index (χ4n) is 3.09. The first-order chi connectivity index (χ1) is 9.14. The highest BCUT2D eigenvalue weighted by atomic mass is 16.6. The maximum Gasteiger partial charge on any atom is 0.331 e. The van der Waals surface area contributed by atoms with Crippen molar-refractivity contribution in [1.82, 2.24) is 0 Å². The highest BCUT2D eigenvalue weighted by Gasteiger charge is 2.48. The van der Waals surface area contributed by atoms with Crippen LogP contribution in [0.1, 0.15) is 60.3 Å². The van der Waals surface area contributed by atoms with Crippen molar-refractivity contribution in [1.29, 1.82) is 0 Å². The number of ether oxygens (including phenoxy) is 1. The molecule has 0 aromatic carbocycles. The predicted molar refractivity (Wildman–Crippen MR) is 77.3 cm³/mol. The lowest BCUT2D eigenvalue weighted by Crippen LogP contribution is -2.33. The molecule has 2 unspecified atom stereocenters. The topological polar surface area (TPSA) is 63.6 Å². The summed E-state index contributed by atoms with van der Waals surface area (Å²) in [5.41, 5.74) is -0.343. The van der Waals surface area contributed by atoms with Crippen molar-refractivity contribution in [3.8, 4) is 0 Å². The van der Waals surface area contributed by atoms with Crippen LogP contribution >= 0.6 is 0 Å². The highest BCUT2D eigenvalue weighted by Crippen LogP contribution is 2.50. The molecule has 0 radical (unpaired) electrons. The molecule has 1 aliphatic carbocycles. The zero-order valence-corrected chi connectivity index (χ0v) is 13.2. The molecular weight excluding hydrogens is 256 g/mol. The first-order valence-corrected chi connectivity index (χ1v) is 7.30. The fourth-order valence-corrected chi connectivity index (χ4v) is 3.09. The molecule has 20 heavy (non-hydrogen) atoms. The average molecular weight is 282 g/mol. The summed E-state index contributed by atoms with van der Waals surface area (Å²) in [6.45, 7) is 9.38. The Balaban J connectivity index is 2.91. The van der Waals surface area contributed by atoms with Crippen LogP contribution in [0.4, 0.5) is 0 Å². The van der Waals surface area contributed by atoms with Crippen molar-refractivity contribution in [2.24, 2.45) is 11.3 Å². The number of carbonyl (C=O) groups is 2. The molecule has 4 nitrogen and oxygen atoms in total. The average Bonchev–Trinajstić information content (AvgIpc) is 2.65. The van der Waals surface area contributed by atoms with Crippen LogP contribution < -0.4 is 0 Å². The van der Waals surface area contributed by atoms with Crippen molar-refractivity contribution in [3.05, 3.63) is 11.6 Å². The number of allylic oxidation sites excluding steroid dienone is 1. The summed E-state index contributed by atoms with van der Waals surface area (Å²) in [5, 5.41) is 9.56. The number of rotatable bonds is 4. The Kier molecular flexibility index (Phi) is 5.00. The number of esters is 1. The molecule has 1 rings (SSSR count). The Labute approximate surface area is 121 Å². The normalized spacial score (nSPS) is 28.6. The molecular formula is C16H26O4. The monoisotopic (exact) mass is 282 g/mol. The van der Waals surface area contributed by atoms with Crippen LogP contribution in [-0.2, 0) is 14.3 Å². The van der Waals surface area contributed by atoms with E-state index < -0.39 is 17.0 Å². The molecule has 114 valence electrons. The second-order valence-corrected chi connectivity index (χ2v) is 6.64. The van der Waals surface area contributed by atoms with Crippen LogP contribution in [0.2, 0.25) is 0 Å². The van der Waals surface area contributed by atoms with Gasteiger partial charge in [-0.05, 0) is 46.0 Å². The van der Waals surface area contributed by atoms with Gasteiger partial charge in [-0.25, -0.2) is 4.79 Å². The Morgan fingerprint density at radius 2 is 2.00 bits per heavy atom. The molecule has 0 saturated heterocycles. The lowest BCUT2D eigenvalue weighted by Gasteiger charge is -2.28. The highest BCUT2D eigenvalue weighted by molar-refractivity contribution is 5.84. The standard InChI is InChI=1S/C16H26O4/c1-6-12-8-11(9-13(17)20-15(3,4)5)10-16(12,7-2)14(18)19/h9,12H,6-8,10H2,1-5H3,(H,18,19). The van der Waals surface area contributed by atoms with E-state index in [9.17, 15) is 14.7 Å². The molecule has 0 heterocycles. The Morgan fingerprint density at radius 3 is 2.35 bits per heavy atom. The number of aliphatic carboxylic acids is 1. The van der Waals surface area contributed by atoms with E-state index in [4.69, 9.17) is 4.74 Å². The van der Waals surface area contributed by atoms with Gasteiger partial charge in [0.25, 0.3) is 0 Å². The number of hydrogen-bond donors (Lipinski definition) is 1. The smallest absolute Gasteiger partial charge is 0.331 e. The van der Waals surface area contributed by atoms with Crippen molar-refractivity contribution < 1.29 is 19.4 Å². The van der Waals surface area contributed by atoms with Gasteiger partial charge in [0.15, 0.2) is 0 Å². The van der Waals surface area contributed by atoms with Gasteiger partial charge < -0.3 is 9.84 Å². The van der Waals surface area contributed by atoms with Crippen molar-refractivity contribution >= 4 is 11.9 Å². The molecule has 1 fully saturated rings. The molecule has 1 saturated carbocycles. The molecule has 0 aromatic rings. The zero-order valence-electron chi connectivity index (χ0n) is 13.2. The maximum absolute atomic E-state index is 11.8.